The van der Waals surface area contributed by atoms with Gasteiger partial charge in [0, 0.05) is 19.6 Å². The van der Waals surface area contributed by atoms with E-state index in [4.69, 9.17) is 9.16 Å². The number of rotatable bonds is 14. The first-order valence-corrected chi connectivity index (χ1v) is 10.0. The van der Waals surface area contributed by atoms with Gasteiger partial charge in [0.2, 0.25) is 9.76 Å². The number of carbonyl (C=O) groups excluding carboxylic acids is 1. The zero-order valence-electron chi connectivity index (χ0n) is 12.9. The fraction of sp³-hybridized carbons (Fsp3) is 0.933. The lowest BCUT2D eigenvalue weighted by atomic mass is 10.1. The molecule has 114 valence electrons. The first-order chi connectivity index (χ1) is 9.31. The lowest BCUT2D eigenvalue weighted by Gasteiger charge is -2.03. The van der Waals surface area contributed by atoms with Crippen LogP contribution in [0, 0.1) is 0 Å². The van der Waals surface area contributed by atoms with E-state index in [0.717, 1.165) is 19.6 Å². The molecule has 0 aliphatic carbocycles. The Labute approximate surface area is 121 Å². The van der Waals surface area contributed by atoms with Gasteiger partial charge in [-0.1, -0.05) is 44.9 Å². The summed E-state index contributed by atoms with van der Waals surface area (Å²) in [7, 11) is -0.554. The van der Waals surface area contributed by atoms with E-state index in [1.165, 1.54) is 51.4 Å². The van der Waals surface area contributed by atoms with E-state index < -0.39 is 9.76 Å². The van der Waals surface area contributed by atoms with Crippen LogP contribution in [0.15, 0.2) is 0 Å². The molecule has 0 radical (unpaired) electrons. The monoisotopic (exact) mass is 288 g/mol. The molecule has 0 spiro atoms. The highest BCUT2D eigenvalue weighted by atomic mass is 28.2. The molecule has 4 heteroatoms. The Bertz CT molecular complexity index is 198. The normalized spacial score (nSPS) is 11.3. The SMILES string of the molecule is CCOCCCCCCCCCCCC(=O)O[SiH2]C. The standard InChI is InChI=1S/C15H32O3Si/c1-3-17-14-12-10-8-6-4-5-7-9-11-13-15(16)18-19-2/h3-14,19H2,1-2H3. The number of unbranched alkanes of at least 4 members (excludes halogenated alkanes) is 8. The molecule has 0 saturated heterocycles. The van der Waals surface area contributed by atoms with E-state index in [2.05, 4.69) is 0 Å². The Balaban J connectivity index is 3.01. The summed E-state index contributed by atoms with van der Waals surface area (Å²) in [6.45, 7) is 5.80. The average Bonchev–Trinajstić information content (AvgIpc) is 2.40. The summed E-state index contributed by atoms with van der Waals surface area (Å²) >= 11 is 0. The van der Waals surface area contributed by atoms with Crippen LogP contribution in [-0.2, 0) is 14.0 Å². The van der Waals surface area contributed by atoms with E-state index >= 15 is 0 Å². The minimum Gasteiger partial charge on any atom is -0.525 e. The van der Waals surface area contributed by atoms with Crippen molar-refractivity contribution in [1.82, 2.24) is 0 Å². The van der Waals surface area contributed by atoms with Crippen LogP contribution in [0.25, 0.3) is 0 Å². The molecule has 0 heterocycles. The maximum atomic E-state index is 11.1. The van der Waals surface area contributed by atoms with Crippen molar-refractivity contribution in [3.63, 3.8) is 0 Å². The van der Waals surface area contributed by atoms with E-state index in [1.807, 2.05) is 13.5 Å². The summed E-state index contributed by atoms with van der Waals surface area (Å²) in [5.41, 5.74) is 0. The van der Waals surface area contributed by atoms with Crippen molar-refractivity contribution in [3.8, 4) is 0 Å². The topological polar surface area (TPSA) is 35.5 Å². The molecule has 19 heavy (non-hydrogen) atoms. The van der Waals surface area contributed by atoms with Crippen LogP contribution >= 0.6 is 0 Å². The number of carbonyl (C=O) groups is 1. The first kappa shape index (κ1) is 18.6. The smallest absolute Gasteiger partial charge is 0.292 e. The van der Waals surface area contributed by atoms with Crippen LogP contribution < -0.4 is 0 Å². The van der Waals surface area contributed by atoms with Crippen molar-refractivity contribution < 1.29 is 14.0 Å². The van der Waals surface area contributed by atoms with Gasteiger partial charge < -0.3 is 9.16 Å². The van der Waals surface area contributed by atoms with Crippen LogP contribution in [0.1, 0.15) is 71.1 Å². The zero-order chi connectivity index (χ0) is 14.2. The summed E-state index contributed by atoms with van der Waals surface area (Å²) < 4.78 is 10.3. The third kappa shape index (κ3) is 15.6. The average molecular weight is 289 g/mol. The molecule has 0 atom stereocenters. The zero-order valence-corrected chi connectivity index (χ0v) is 14.3. The van der Waals surface area contributed by atoms with Gasteiger partial charge in [-0.15, -0.1) is 0 Å². The van der Waals surface area contributed by atoms with Gasteiger partial charge in [-0.2, -0.15) is 0 Å². The molecule has 0 fully saturated rings. The van der Waals surface area contributed by atoms with Gasteiger partial charge in [0.05, 0.1) is 0 Å². The highest BCUT2D eigenvalue weighted by Gasteiger charge is 2.00. The van der Waals surface area contributed by atoms with Gasteiger partial charge in [0.25, 0.3) is 5.97 Å². The Hall–Kier alpha value is -0.353. The summed E-state index contributed by atoms with van der Waals surface area (Å²) in [5, 5.41) is 0. The van der Waals surface area contributed by atoms with Crippen LogP contribution in [0.2, 0.25) is 6.55 Å². The van der Waals surface area contributed by atoms with Crippen molar-refractivity contribution in [1.29, 1.82) is 0 Å². The van der Waals surface area contributed by atoms with Gasteiger partial charge in [-0.05, 0) is 26.3 Å². The van der Waals surface area contributed by atoms with Crippen molar-refractivity contribution in [2.45, 2.75) is 77.7 Å². The fourth-order valence-electron chi connectivity index (χ4n) is 2.09. The van der Waals surface area contributed by atoms with Gasteiger partial charge in [-0.3, -0.25) is 4.79 Å². The Kier molecular flexibility index (Phi) is 15.4. The van der Waals surface area contributed by atoms with Crippen LogP contribution in [-0.4, -0.2) is 28.9 Å². The lowest BCUT2D eigenvalue weighted by Crippen LogP contribution is -2.05. The Morgan fingerprint density at radius 2 is 1.42 bits per heavy atom. The second-order valence-corrected chi connectivity index (χ2v) is 5.80. The van der Waals surface area contributed by atoms with Crippen molar-refractivity contribution >= 4 is 15.7 Å². The summed E-state index contributed by atoms with van der Waals surface area (Å²) in [6, 6.07) is 0. The predicted octanol–water partition coefficient (Wildman–Crippen LogP) is 3.60. The van der Waals surface area contributed by atoms with Crippen LogP contribution in [0.4, 0.5) is 0 Å². The van der Waals surface area contributed by atoms with E-state index in [1.54, 1.807) is 0 Å². The van der Waals surface area contributed by atoms with Gasteiger partial charge in [0.1, 0.15) is 0 Å². The molecule has 0 aromatic rings. The number of hydrogen-bond donors (Lipinski definition) is 0. The molecule has 0 N–H and O–H groups in total. The van der Waals surface area contributed by atoms with Gasteiger partial charge in [0.15, 0.2) is 0 Å². The lowest BCUT2D eigenvalue weighted by molar-refractivity contribution is -0.134. The molecular formula is C15H32O3Si. The van der Waals surface area contributed by atoms with Crippen molar-refractivity contribution in [2.75, 3.05) is 13.2 Å². The second-order valence-electron chi connectivity index (χ2n) is 4.93. The second kappa shape index (κ2) is 15.7. The fourth-order valence-corrected chi connectivity index (χ4v) is 2.55. The molecule has 0 aromatic carbocycles. The largest absolute Gasteiger partial charge is 0.525 e. The highest BCUT2D eigenvalue weighted by molar-refractivity contribution is 6.28. The van der Waals surface area contributed by atoms with Crippen molar-refractivity contribution in [2.24, 2.45) is 0 Å². The summed E-state index contributed by atoms with van der Waals surface area (Å²) in [5.74, 6) is 0.0171. The number of hydrogen-bond acceptors (Lipinski definition) is 3. The number of ether oxygens (including phenoxy) is 1. The van der Waals surface area contributed by atoms with Gasteiger partial charge in [-0.25, -0.2) is 0 Å². The third-order valence-corrected chi connectivity index (χ3v) is 3.79. The molecule has 0 bridgehead atoms. The molecule has 0 aromatic heterocycles. The Morgan fingerprint density at radius 3 is 1.95 bits per heavy atom. The van der Waals surface area contributed by atoms with Crippen molar-refractivity contribution in [3.05, 3.63) is 0 Å². The minimum atomic E-state index is -0.554. The molecule has 0 aliphatic heterocycles. The summed E-state index contributed by atoms with van der Waals surface area (Å²) in [6.07, 6.45) is 11.9. The summed E-state index contributed by atoms with van der Waals surface area (Å²) in [4.78, 5) is 11.1. The highest BCUT2D eigenvalue weighted by Crippen LogP contribution is 2.10. The van der Waals surface area contributed by atoms with E-state index in [0.29, 0.717) is 6.42 Å². The molecule has 0 rings (SSSR count). The molecular weight excluding hydrogens is 256 g/mol. The predicted molar refractivity (Wildman–Crippen MR) is 83.2 cm³/mol. The molecule has 0 saturated carbocycles. The quantitative estimate of drug-likeness (QED) is 0.362. The van der Waals surface area contributed by atoms with E-state index in [-0.39, 0.29) is 5.97 Å². The van der Waals surface area contributed by atoms with E-state index in [9.17, 15) is 4.79 Å². The van der Waals surface area contributed by atoms with Gasteiger partial charge >= 0.3 is 0 Å². The van der Waals surface area contributed by atoms with Crippen LogP contribution in [0.3, 0.4) is 0 Å². The molecule has 0 unspecified atom stereocenters. The maximum absolute atomic E-state index is 11.1. The first-order valence-electron chi connectivity index (χ1n) is 8.04. The minimum absolute atomic E-state index is 0.0171. The molecule has 0 aliphatic rings. The Morgan fingerprint density at radius 1 is 0.895 bits per heavy atom. The third-order valence-electron chi connectivity index (χ3n) is 3.18. The molecule has 0 amide bonds. The molecule has 3 nitrogen and oxygen atoms in total. The maximum Gasteiger partial charge on any atom is 0.292 e. The van der Waals surface area contributed by atoms with Crippen LogP contribution in [0.5, 0.6) is 0 Å².